The van der Waals surface area contributed by atoms with Gasteiger partial charge in [0.2, 0.25) is 0 Å². The number of aromatic nitrogens is 2. The number of halogens is 4. The summed E-state index contributed by atoms with van der Waals surface area (Å²) in [6, 6.07) is 0. The molecule has 5 nitrogen and oxygen atoms in total. The minimum atomic E-state index is -4.63. The van der Waals surface area contributed by atoms with E-state index in [2.05, 4.69) is 52.3 Å². The van der Waals surface area contributed by atoms with Gasteiger partial charge in [-0.25, -0.2) is 5.43 Å². The van der Waals surface area contributed by atoms with Crippen molar-refractivity contribution in [3.05, 3.63) is 15.9 Å². The van der Waals surface area contributed by atoms with Crippen molar-refractivity contribution < 1.29 is 18.0 Å². The van der Waals surface area contributed by atoms with Crippen LogP contribution in [0.15, 0.2) is 9.57 Å². The van der Waals surface area contributed by atoms with Crippen LogP contribution in [0.1, 0.15) is 69.1 Å². The SMILES string of the molecule is CCC(C)(C)C1CCC(=NNC(=O)c2c(Br)c(C(F)(F)F)nn2C)CC1. The molecule has 146 valence electrons. The molecule has 26 heavy (non-hydrogen) atoms. The van der Waals surface area contributed by atoms with Crippen LogP contribution in [0.2, 0.25) is 0 Å². The van der Waals surface area contributed by atoms with Crippen molar-refractivity contribution in [3.63, 3.8) is 0 Å². The molecule has 1 aromatic heterocycles. The lowest BCUT2D eigenvalue weighted by molar-refractivity contribution is -0.142. The van der Waals surface area contributed by atoms with Crippen LogP contribution in [0.4, 0.5) is 13.2 Å². The average molecular weight is 437 g/mol. The summed E-state index contributed by atoms with van der Waals surface area (Å²) in [5.41, 5.74) is 2.19. The lowest BCUT2D eigenvalue weighted by atomic mass is 9.69. The topological polar surface area (TPSA) is 59.3 Å². The van der Waals surface area contributed by atoms with E-state index in [0.717, 1.165) is 42.5 Å². The molecule has 1 aliphatic carbocycles. The van der Waals surface area contributed by atoms with Gasteiger partial charge in [0.05, 0.1) is 4.47 Å². The zero-order chi connectivity index (χ0) is 19.7. The maximum Gasteiger partial charge on any atom is 0.436 e. The summed E-state index contributed by atoms with van der Waals surface area (Å²) in [6.07, 6.45) is 0.0538. The lowest BCUT2D eigenvalue weighted by Gasteiger charge is -2.36. The van der Waals surface area contributed by atoms with Crippen molar-refractivity contribution in [3.8, 4) is 0 Å². The molecule has 0 atom stereocenters. The Labute approximate surface area is 159 Å². The number of nitrogens with zero attached hydrogens (tertiary/aromatic N) is 3. The smallest absolute Gasteiger partial charge is 0.266 e. The van der Waals surface area contributed by atoms with Crippen LogP contribution in [0.3, 0.4) is 0 Å². The van der Waals surface area contributed by atoms with Crippen molar-refractivity contribution in [1.29, 1.82) is 0 Å². The first-order valence-corrected chi connectivity index (χ1v) is 9.42. The summed E-state index contributed by atoms with van der Waals surface area (Å²) in [4.78, 5) is 12.3. The van der Waals surface area contributed by atoms with Crippen molar-refractivity contribution in [2.24, 2.45) is 23.5 Å². The molecule has 9 heteroatoms. The molecule has 1 N–H and O–H groups in total. The van der Waals surface area contributed by atoms with Crippen LogP contribution in [-0.2, 0) is 13.2 Å². The minimum absolute atomic E-state index is 0.206. The highest BCUT2D eigenvalue weighted by Gasteiger charge is 2.39. The van der Waals surface area contributed by atoms with Crippen LogP contribution in [0, 0.1) is 11.3 Å². The monoisotopic (exact) mass is 436 g/mol. The molecule has 1 fully saturated rings. The zero-order valence-electron chi connectivity index (χ0n) is 15.4. The van der Waals surface area contributed by atoms with Gasteiger partial charge >= 0.3 is 6.18 Å². The number of nitrogens with one attached hydrogen (secondary N) is 1. The number of hydrazone groups is 1. The number of amides is 1. The van der Waals surface area contributed by atoms with E-state index in [1.54, 1.807) is 0 Å². The van der Waals surface area contributed by atoms with E-state index in [4.69, 9.17) is 0 Å². The van der Waals surface area contributed by atoms with Gasteiger partial charge in [-0.1, -0.05) is 27.2 Å². The summed E-state index contributed by atoms with van der Waals surface area (Å²) >= 11 is 2.83. The maximum atomic E-state index is 12.9. The maximum absolute atomic E-state index is 12.9. The van der Waals surface area contributed by atoms with Crippen molar-refractivity contribution in [2.45, 2.75) is 59.1 Å². The van der Waals surface area contributed by atoms with Crippen molar-refractivity contribution in [1.82, 2.24) is 15.2 Å². The first-order valence-electron chi connectivity index (χ1n) is 8.62. The van der Waals surface area contributed by atoms with Crippen LogP contribution in [0.25, 0.3) is 0 Å². The lowest BCUT2D eigenvalue weighted by Crippen LogP contribution is -2.29. The van der Waals surface area contributed by atoms with Crippen LogP contribution < -0.4 is 5.43 Å². The molecule has 0 saturated heterocycles. The Bertz CT molecular complexity index is 700. The van der Waals surface area contributed by atoms with E-state index in [1.165, 1.54) is 7.05 Å². The van der Waals surface area contributed by atoms with Crippen molar-refractivity contribution >= 4 is 27.5 Å². The standard InChI is InChI=1S/C17H24BrF3N4O/c1-5-16(2,3)10-6-8-11(9-7-10)22-23-15(26)13-12(18)14(17(19,20)21)24-25(13)4/h10H,5-9H2,1-4H3,(H,23,26). The molecule has 0 aromatic carbocycles. The highest BCUT2D eigenvalue weighted by molar-refractivity contribution is 9.10. The first-order chi connectivity index (χ1) is 12.0. The number of hydrogen-bond donors (Lipinski definition) is 1. The molecule has 0 bridgehead atoms. The second-order valence-corrected chi connectivity index (χ2v) is 8.16. The Morgan fingerprint density at radius 2 is 1.92 bits per heavy atom. The fraction of sp³-hybridized carbons (Fsp3) is 0.706. The van der Waals surface area contributed by atoms with E-state index in [1.807, 2.05) is 0 Å². The van der Waals surface area contributed by atoms with E-state index in [0.29, 0.717) is 5.92 Å². The van der Waals surface area contributed by atoms with Crippen molar-refractivity contribution in [2.75, 3.05) is 0 Å². The highest BCUT2D eigenvalue weighted by Crippen LogP contribution is 2.39. The summed E-state index contributed by atoms with van der Waals surface area (Å²) in [7, 11) is 1.29. The third kappa shape index (κ3) is 4.47. The van der Waals surface area contributed by atoms with E-state index >= 15 is 0 Å². The Morgan fingerprint density at radius 1 is 1.35 bits per heavy atom. The molecule has 0 radical (unpaired) electrons. The Balaban J connectivity index is 2.04. The number of carbonyl (C=O) groups excluding carboxylic acids is 1. The molecule has 0 unspecified atom stereocenters. The van der Waals surface area contributed by atoms with E-state index in [-0.39, 0.29) is 15.6 Å². The number of carbonyl (C=O) groups is 1. The molecule has 0 aliphatic heterocycles. The van der Waals surface area contributed by atoms with Crippen LogP contribution in [-0.4, -0.2) is 21.4 Å². The van der Waals surface area contributed by atoms with Gasteiger partial charge < -0.3 is 0 Å². The molecule has 0 spiro atoms. The molecule has 2 rings (SSSR count). The molecule has 1 saturated carbocycles. The largest absolute Gasteiger partial charge is 0.436 e. The number of rotatable bonds is 4. The third-order valence-electron chi connectivity index (χ3n) is 5.37. The summed E-state index contributed by atoms with van der Waals surface area (Å²) in [6.45, 7) is 6.71. The molecule has 1 aliphatic rings. The quantitative estimate of drug-likeness (QED) is 0.681. The van der Waals surface area contributed by atoms with E-state index < -0.39 is 17.8 Å². The van der Waals surface area contributed by atoms with Gasteiger partial charge in [0.25, 0.3) is 5.91 Å². The average Bonchev–Trinajstić information content (AvgIpc) is 2.88. The first kappa shape index (κ1) is 20.9. The number of hydrogen-bond acceptors (Lipinski definition) is 3. The van der Waals surface area contributed by atoms with Gasteiger partial charge in [-0.2, -0.15) is 23.4 Å². The number of alkyl halides is 3. The van der Waals surface area contributed by atoms with Gasteiger partial charge in [-0.15, -0.1) is 0 Å². The predicted molar refractivity (Wildman–Crippen MR) is 96.8 cm³/mol. The van der Waals surface area contributed by atoms with E-state index in [9.17, 15) is 18.0 Å². The van der Waals surface area contributed by atoms with Gasteiger partial charge in [0, 0.05) is 12.8 Å². The molecule has 1 heterocycles. The highest BCUT2D eigenvalue weighted by atomic mass is 79.9. The molecule has 1 amide bonds. The van der Waals surface area contributed by atoms with Gasteiger partial charge in [-0.3, -0.25) is 9.48 Å². The molecular weight excluding hydrogens is 413 g/mol. The van der Waals surface area contributed by atoms with Crippen LogP contribution in [0.5, 0.6) is 0 Å². The third-order valence-corrected chi connectivity index (χ3v) is 6.12. The second-order valence-electron chi connectivity index (χ2n) is 7.37. The predicted octanol–water partition coefficient (Wildman–Crippen LogP) is 4.91. The normalized spacial score (nSPS) is 18.8. The fourth-order valence-electron chi connectivity index (χ4n) is 3.24. The fourth-order valence-corrected chi connectivity index (χ4v) is 3.98. The second kappa shape index (κ2) is 7.70. The van der Waals surface area contributed by atoms with Gasteiger partial charge in [0.15, 0.2) is 5.69 Å². The summed E-state index contributed by atoms with van der Waals surface area (Å²) in [5.74, 6) is -0.103. The summed E-state index contributed by atoms with van der Waals surface area (Å²) < 4.78 is 39.2. The summed E-state index contributed by atoms with van der Waals surface area (Å²) in [5, 5.41) is 7.51. The Hall–Kier alpha value is -1.38. The Morgan fingerprint density at radius 3 is 2.38 bits per heavy atom. The van der Waals surface area contributed by atoms with Crippen LogP contribution >= 0.6 is 15.9 Å². The van der Waals surface area contributed by atoms with Gasteiger partial charge in [0.1, 0.15) is 5.69 Å². The Kier molecular flexibility index (Phi) is 6.20. The minimum Gasteiger partial charge on any atom is -0.266 e. The zero-order valence-corrected chi connectivity index (χ0v) is 17.0. The number of aryl methyl sites for hydroxylation is 1. The molecule has 1 aromatic rings. The molecular formula is C17H24BrF3N4O. The van der Waals surface area contributed by atoms with Gasteiger partial charge in [-0.05, 0) is 52.9 Å².